The highest BCUT2D eigenvalue weighted by molar-refractivity contribution is 5.86. The highest BCUT2D eigenvalue weighted by Crippen LogP contribution is 2.25. The average molecular weight is 317 g/mol. The molecule has 124 valence electrons. The van der Waals surface area contributed by atoms with Crippen LogP contribution in [0.4, 0.5) is 0 Å². The number of hydrogen-bond donors (Lipinski definition) is 1. The lowest BCUT2D eigenvalue weighted by Crippen LogP contribution is -2.39. The Labute approximate surface area is 135 Å². The molecule has 0 bridgehead atoms. The molecule has 1 fully saturated rings. The number of allylic oxidation sites excluding steroid dienone is 1. The van der Waals surface area contributed by atoms with Crippen LogP contribution in [0.3, 0.4) is 0 Å². The van der Waals surface area contributed by atoms with E-state index in [1.807, 2.05) is 4.90 Å². The molecule has 0 unspecified atom stereocenters. The van der Waals surface area contributed by atoms with E-state index in [1.165, 1.54) is 24.6 Å². The Kier molecular flexibility index (Phi) is 4.79. The van der Waals surface area contributed by atoms with Crippen molar-refractivity contribution >= 4 is 11.9 Å². The van der Waals surface area contributed by atoms with Gasteiger partial charge in [-0.2, -0.15) is 5.10 Å². The van der Waals surface area contributed by atoms with Gasteiger partial charge in [-0.15, -0.1) is 0 Å². The molecule has 0 radical (unpaired) electrons. The summed E-state index contributed by atoms with van der Waals surface area (Å²) in [6.45, 7) is 1.44. The van der Waals surface area contributed by atoms with Gasteiger partial charge in [-0.3, -0.25) is 9.48 Å². The Balaban J connectivity index is 1.52. The quantitative estimate of drug-likeness (QED) is 0.866. The lowest BCUT2D eigenvalue weighted by molar-refractivity contribution is -0.131. The fourth-order valence-corrected chi connectivity index (χ4v) is 3.40. The lowest BCUT2D eigenvalue weighted by Gasteiger charge is -2.32. The summed E-state index contributed by atoms with van der Waals surface area (Å²) in [7, 11) is 0. The summed E-state index contributed by atoms with van der Waals surface area (Å²) < 4.78 is 1.73. The van der Waals surface area contributed by atoms with Gasteiger partial charge in [0.1, 0.15) is 0 Å². The lowest BCUT2D eigenvalue weighted by atomic mass is 9.96. The van der Waals surface area contributed by atoms with Crippen LogP contribution in [-0.2, 0) is 4.79 Å². The summed E-state index contributed by atoms with van der Waals surface area (Å²) in [5.41, 5.74) is 1.51. The summed E-state index contributed by atoms with van der Waals surface area (Å²) in [5.74, 6) is -0.729. The molecule has 0 spiro atoms. The Bertz CT molecular complexity index is 612. The first-order chi connectivity index (χ1) is 11.1. The van der Waals surface area contributed by atoms with E-state index in [2.05, 4.69) is 11.2 Å². The maximum absolute atomic E-state index is 12.4. The van der Waals surface area contributed by atoms with Crippen LogP contribution in [0.2, 0.25) is 0 Å². The molecule has 0 atom stereocenters. The maximum atomic E-state index is 12.4. The topological polar surface area (TPSA) is 75.4 Å². The van der Waals surface area contributed by atoms with Crippen molar-refractivity contribution in [3.8, 4) is 0 Å². The fraction of sp³-hybridized carbons (Fsp3) is 0.588. The van der Waals surface area contributed by atoms with E-state index < -0.39 is 5.97 Å². The van der Waals surface area contributed by atoms with Crippen molar-refractivity contribution in [1.82, 2.24) is 14.7 Å². The van der Waals surface area contributed by atoms with Gasteiger partial charge in [-0.1, -0.05) is 11.6 Å². The summed E-state index contributed by atoms with van der Waals surface area (Å²) in [6.07, 6.45) is 12.0. The highest BCUT2D eigenvalue weighted by atomic mass is 16.4. The second-order valence-corrected chi connectivity index (χ2v) is 6.41. The normalized spacial score (nSPS) is 19.5. The van der Waals surface area contributed by atoms with Crippen molar-refractivity contribution in [2.24, 2.45) is 0 Å². The van der Waals surface area contributed by atoms with Crippen LogP contribution in [0.1, 0.15) is 61.3 Å². The van der Waals surface area contributed by atoms with Crippen molar-refractivity contribution in [2.45, 2.75) is 51.0 Å². The number of nitrogens with zero attached hydrogens (tertiary/aromatic N) is 3. The minimum atomic E-state index is -0.954. The van der Waals surface area contributed by atoms with E-state index in [9.17, 15) is 9.59 Å². The molecule has 1 aromatic rings. The standard InChI is InChI=1S/C17H23N3O3/c21-16(10-13-4-2-1-3-5-13)19-8-6-15(7-9-19)20-12-14(11-18-20)17(22)23/h4,11-12,15H,1-3,5-10H2,(H,22,23). The molecule has 1 aliphatic carbocycles. The molecule has 1 saturated heterocycles. The van der Waals surface area contributed by atoms with E-state index in [4.69, 9.17) is 5.11 Å². The van der Waals surface area contributed by atoms with Gasteiger partial charge in [-0.05, 0) is 38.5 Å². The van der Waals surface area contributed by atoms with E-state index >= 15 is 0 Å². The predicted molar refractivity (Wildman–Crippen MR) is 85.2 cm³/mol. The van der Waals surface area contributed by atoms with Crippen molar-refractivity contribution in [3.63, 3.8) is 0 Å². The Morgan fingerprint density at radius 3 is 2.65 bits per heavy atom. The van der Waals surface area contributed by atoms with E-state index in [0.717, 1.165) is 38.8 Å². The third-order valence-corrected chi connectivity index (χ3v) is 4.80. The highest BCUT2D eigenvalue weighted by Gasteiger charge is 2.25. The minimum Gasteiger partial charge on any atom is -0.478 e. The number of rotatable bonds is 4. The first kappa shape index (κ1) is 15.8. The van der Waals surface area contributed by atoms with Crippen LogP contribution in [0.25, 0.3) is 0 Å². The number of carbonyl (C=O) groups excluding carboxylic acids is 1. The van der Waals surface area contributed by atoms with Crippen LogP contribution < -0.4 is 0 Å². The molecule has 3 rings (SSSR count). The molecule has 23 heavy (non-hydrogen) atoms. The fourth-order valence-electron chi connectivity index (χ4n) is 3.40. The number of carboxylic acid groups (broad SMARTS) is 1. The summed E-state index contributed by atoms with van der Waals surface area (Å²) >= 11 is 0. The molecule has 1 N–H and O–H groups in total. The molecule has 1 aliphatic heterocycles. The van der Waals surface area contributed by atoms with E-state index in [0.29, 0.717) is 6.42 Å². The summed E-state index contributed by atoms with van der Waals surface area (Å²) in [6, 6.07) is 0.182. The SMILES string of the molecule is O=C(O)c1cnn(C2CCN(C(=O)CC3=CCCCC3)CC2)c1. The minimum absolute atomic E-state index is 0.182. The summed E-state index contributed by atoms with van der Waals surface area (Å²) in [5, 5.41) is 13.1. The molecular weight excluding hydrogens is 294 g/mol. The number of carbonyl (C=O) groups is 2. The van der Waals surface area contributed by atoms with E-state index in [-0.39, 0.29) is 17.5 Å². The van der Waals surface area contributed by atoms with Gasteiger partial charge in [-0.25, -0.2) is 4.79 Å². The second-order valence-electron chi connectivity index (χ2n) is 6.41. The van der Waals surface area contributed by atoms with Gasteiger partial charge >= 0.3 is 5.97 Å². The molecular formula is C17H23N3O3. The Hall–Kier alpha value is -2.11. The van der Waals surface area contributed by atoms with E-state index in [1.54, 1.807) is 10.9 Å². The number of aromatic nitrogens is 2. The van der Waals surface area contributed by atoms with Gasteiger partial charge in [0.25, 0.3) is 0 Å². The van der Waals surface area contributed by atoms with Gasteiger partial charge in [0.2, 0.25) is 5.91 Å². The zero-order valence-electron chi connectivity index (χ0n) is 13.3. The van der Waals surface area contributed by atoms with Crippen molar-refractivity contribution in [2.75, 3.05) is 13.1 Å². The van der Waals surface area contributed by atoms with Crippen molar-refractivity contribution in [3.05, 3.63) is 29.6 Å². The van der Waals surface area contributed by atoms with Crippen LogP contribution in [0.15, 0.2) is 24.0 Å². The van der Waals surface area contributed by atoms with Gasteiger partial charge < -0.3 is 10.0 Å². The van der Waals surface area contributed by atoms with Crippen molar-refractivity contribution < 1.29 is 14.7 Å². The van der Waals surface area contributed by atoms with Crippen molar-refractivity contribution in [1.29, 1.82) is 0 Å². The first-order valence-electron chi connectivity index (χ1n) is 8.36. The molecule has 6 nitrogen and oxygen atoms in total. The number of aromatic carboxylic acids is 1. The molecule has 2 heterocycles. The zero-order valence-corrected chi connectivity index (χ0v) is 13.3. The van der Waals surface area contributed by atoms with Gasteiger partial charge in [0, 0.05) is 25.7 Å². The first-order valence-corrected chi connectivity index (χ1v) is 8.36. The molecule has 0 saturated carbocycles. The third kappa shape index (κ3) is 3.81. The average Bonchev–Trinajstić information content (AvgIpc) is 3.06. The summed E-state index contributed by atoms with van der Waals surface area (Å²) in [4.78, 5) is 25.2. The Morgan fingerprint density at radius 1 is 1.26 bits per heavy atom. The smallest absolute Gasteiger partial charge is 0.338 e. The molecule has 6 heteroatoms. The zero-order chi connectivity index (χ0) is 16.2. The molecule has 0 aromatic carbocycles. The number of carboxylic acids is 1. The predicted octanol–water partition coefficient (Wildman–Crippen LogP) is 2.64. The largest absolute Gasteiger partial charge is 0.478 e. The molecule has 2 aliphatic rings. The van der Waals surface area contributed by atoms with Gasteiger partial charge in [0.05, 0.1) is 17.8 Å². The van der Waals surface area contributed by atoms with Crippen LogP contribution >= 0.6 is 0 Å². The van der Waals surface area contributed by atoms with Gasteiger partial charge in [0.15, 0.2) is 0 Å². The Morgan fingerprint density at radius 2 is 2.04 bits per heavy atom. The molecule has 1 aromatic heterocycles. The maximum Gasteiger partial charge on any atom is 0.338 e. The van der Waals surface area contributed by atoms with Crippen LogP contribution in [0.5, 0.6) is 0 Å². The molecule has 1 amide bonds. The monoisotopic (exact) mass is 317 g/mol. The number of piperidine rings is 1. The second kappa shape index (κ2) is 6.98. The number of likely N-dealkylation sites (tertiary alicyclic amines) is 1. The third-order valence-electron chi connectivity index (χ3n) is 4.80. The van der Waals surface area contributed by atoms with Crippen LogP contribution in [-0.4, -0.2) is 44.8 Å². The number of hydrogen-bond acceptors (Lipinski definition) is 3. The van der Waals surface area contributed by atoms with Crippen LogP contribution in [0, 0.1) is 0 Å². The number of amides is 1.